The largest absolute Gasteiger partial charge is 0.379 e. The third-order valence-corrected chi connectivity index (χ3v) is 14.2. The molecule has 4 N–H and O–H groups in total. The molecule has 0 aromatic carbocycles. The van der Waals surface area contributed by atoms with E-state index in [0.717, 1.165) is 41.8 Å². The third-order valence-electron chi connectivity index (χ3n) is 10.6. The van der Waals surface area contributed by atoms with Gasteiger partial charge in [-0.2, -0.15) is 8.61 Å². The number of aromatic amines is 2. The Morgan fingerprint density at radius 3 is 1.62 bits per heavy atom. The summed E-state index contributed by atoms with van der Waals surface area (Å²) in [5.74, 6) is 0. The molecule has 328 valence electrons. The van der Waals surface area contributed by atoms with Gasteiger partial charge in [-0.3, -0.25) is 18.4 Å². The summed E-state index contributed by atoms with van der Waals surface area (Å²) in [6.45, 7) is 2.41. The molecule has 8 aromatic rings. The first kappa shape index (κ1) is 42.2. The van der Waals surface area contributed by atoms with Crippen molar-refractivity contribution in [3.63, 3.8) is 0 Å². The van der Waals surface area contributed by atoms with Crippen LogP contribution in [-0.4, -0.2) is 109 Å². The molecule has 0 unspecified atom stereocenters. The number of fused-ring (bicyclic) bond motifs is 2. The van der Waals surface area contributed by atoms with E-state index in [9.17, 15) is 26.4 Å². The summed E-state index contributed by atoms with van der Waals surface area (Å²) < 4.78 is 62.8. The topological polar surface area (TPSA) is 247 Å². The first-order valence-electron chi connectivity index (χ1n) is 20.3. The number of sulfonamides is 2. The molecule has 0 aliphatic carbocycles. The lowest BCUT2D eigenvalue weighted by atomic mass is 10.1. The highest BCUT2D eigenvalue weighted by Gasteiger charge is 2.29. The summed E-state index contributed by atoms with van der Waals surface area (Å²) in [6.07, 6.45) is 17.3. The van der Waals surface area contributed by atoms with Crippen LogP contribution in [0.1, 0.15) is 19.3 Å². The molecule has 8 aromatic heterocycles. The number of pyridine rings is 5. The van der Waals surface area contributed by atoms with Crippen molar-refractivity contribution in [3.8, 4) is 22.5 Å². The van der Waals surface area contributed by atoms with Crippen LogP contribution < -0.4 is 21.8 Å². The molecule has 10 heterocycles. The predicted molar refractivity (Wildman–Crippen MR) is 238 cm³/mol. The summed E-state index contributed by atoms with van der Waals surface area (Å²) in [7, 11) is -7.33. The number of piperidine rings is 1. The molecule has 2 aliphatic heterocycles. The fourth-order valence-corrected chi connectivity index (χ4v) is 10.1. The Balaban J connectivity index is 0.000000162. The average Bonchev–Trinajstić information content (AvgIpc) is 4.03. The van der Waals surface area contributed by atoms with E-state index in [2.05, 4.69) is 45.5 Å². The Kier molecular flexibility index (Phi) is 11.8. The normalized spacial score (nSPS) is 15.1. The van der Waals surface area contributed by atoms with Crippen molar-refractivity contribution in [1.82, 2.24) is 52.3 Å². The van der Waals surface area contributed by atoms with Gasteiger partial charge in [0.15, 0.2) is 16.3 Å². The zero-order valence-corrected chi connectivity index (χ0v) is 35.7. The van der Waals surface area contributed by atoms with Crippen LogP contribution >= 0.6 is 0 Å². The molecule has 0 spiro atoms. The van der Waals surface area contributed by atoms with Gasteiger partial charge in [0.2, 0.25) is 11.1 Å². The zero-order valence-electron chi connectivity index (χ0n) is 34.0. The average molecular weight is 904 g/mol. The second-order valence-corrected chi connectivity index (χ2v) is 18.5. The number of imidazole rings is 2. The maximum absolute atomic E-state index is 12.7. The predicted octanol–water partition coefficient (Wildman–Crippen LogP) is 4.25. The van der Waals surface area contributed by atoms with Crippen molar-refractivity contribution in [2.24, 2.45) is 0 Å². The second kappa shape index (κ2) is 17.9. The van der Waals surface area contributed by atoms with Gasteiger partial charge >= 0.3 is 0 Å². The summed E-state index contributed by atoms with van der Waals surface area (Å²) in [4.78, 5) is 49.8. The highest BCUT2D eigenvalue weighted by atomic mass is 32.2. The van der Waals surface area contributed by atoms with Crippen molar-refractivity contribution in [1.29, 1.82) is 0 Å². The first-order chi connectivity index (χ1) is 31.0. The van der Waals surface area contributed by atoms with Crippen molar-refractivity contribution in [3.05, 3.63) is 137 Å². The smallest absolute Gasteiger partial charge is 0.278 e. The van der Waals surface area contributed by atoms with E-state index in [0.29, 0.717) is 73.4 Å². The molecule has 2 aliphatic rings. The standard InChI is InChI=1S/C21H21N7O3S.C21H20N6O4S/c29-19-12-15(6-7-22-19)18-5-4-17(20-23-8-11-28(18)20)26-16-13-24-21(25-14-16)32(30,31)27-9-2-1-3-10-27;28-19-13-15(5-6-22-19)18-3-2-17(21-23-7-8-27(18)21)25-16-1-4-20(24-14-16)32(29,30)26-9-11-31-12-10-26/h4-8,11-14,26H,1-3,9-10H2,(H,22,29);1-8,13-14,25H,9-12H2,(H,22,28). The molecule has 0 atom stereocenters. The van der Waals surface area contributed by atoms with Gasteiger partial charge in [0, 0.05) is 86.6 Å². The van der Waals surface area contributed by atoms with Gasteiger partial charge < -0.3 is 25.3 Å². The lowest BCUT2D eigenvalue weighted by Crippen LogP contribution is -2.40. The van der Waals surface area contributed by atoms with Crippen LogP contribution in [0, 0.1) is 0 Å². The van der Waals surface area contributed by atoms with Gasteiger partial charge in [0.25, 0.3) is 25.2 Å². The van der Waals surface area contributed by atoms with Crippen LogP contribution in [0.5, 0.6) is 0 Å². The van der Waals surface area contributed by atoms with Crippen molar-refractivity contribution >= 4 is 54.1 Å². The number of H-pyrrole nitrogens is 2. The zero-order chi connectivity index (χ0) is 44.3. The molecule has 22 heteroatoms. The van der Waals surface area contributed by atoms with E-state index >= 15 is 0 Å². The molecule has 2 saturated heterocycles. The molecule has 2 fully saturated rings. The Morgan fingerprint density at radius 2 is 1.09 bits per heavy atom. The van der Waals surface area contributed by atoms with Crippen LogP contribution in [0.15, 0.2) is 136 Å². The molecule has 0 amide bonds. The van der Waals surface area contributed by atoms with Crippen LogP contribution in [0.2, 0.25) is 0 Å². The number of rotatable bonds is 10. The number of hydrogen-bond donors (Lipinski definition) is 4. The highest BCUT2D eigenvalue weighted by molar-refractivity contribution is 7.89. The Bertz CT molecular complexity index is 3070. The van der Waals surface area contributed by atoms with E-state index in [-0.39, 0.29) is 21.3 Å². The van der Waals surface area contributed by atoms with Crippen molar-refractivity contribution < 1.29 is 21.6 Å². The molecule has 0 saturated carbocycles. The van der Waals surface area contributed by atoms with E-state index in [1.807, 2.05) is 57.6 Å². The summed E-state index contributed by atoms with van der Waals surface area (Å²) in [6, 6.07) is 17.3. The number of morpholine rings is 1. The van der Waals surface area contributed by atoms with Gasteiger partial charge in [-0.25, -0.2) is 41.8 Å². The van der Waals surface area contributed by atoms with Crippen molar-refractivity contribution in [2.75, 3.05) is 50.0 Å². The molecule has 0 radical (unpaired) electrons. The number of hydrogen-bond acceptors (Lipinski definition) is 14. The monoisotopic (exact) mass is 903 g/mol. The number of ether oxygens (including phenoxy) is 1. The van der Waals surface area contributed by atoms with Crippen LogP contribution in [-0.2, 0) is 24.8 Å². The molecule has 10 rings (SSSR count). The summed E-state index contributed by atoms with van der Waals surface area (Å²) in [5.41, 5.74) is 6.67. The van der Waals surface area contributed by atoms with Gasteiger partial charge in [-0.1, -0.05) is 6.42 Å². The van der Waals surface area contributed by atoms with Gasteiger partial charge in [0.05, 0.1) is 65.9 Å². The Morgan fingerprint density at radius 1 is 0.562 bits per heavy atom. The van der Waals surface area contributed by atoms with Gasteiger partial charge in [-0.15, -0.1) is 0 Å². The molecular weight excluding hydrogens is 863 g/mol. The fraction of sp³-hybridized carbons (Fsp3) is 0.214. The first-order valence-corrected chi connectivity index (χ1v) is 23.1. The summed E-state index contributed by atoms with van der Waals surface area (Å²) >= 11 is 0. The minimum Gasteiger partial charge on any atom is -0.379 e. The van der Waals surface area contributed by atoms with E-state index in [1.54, 1.807) is 30.9 Å². The van der Waals surface area contributed by atoms with Gasteiger partial charge in [0.1, 0.15) is 0 Å². The van der Waals surface area contributed by atoms with Crippen LogP contribution in [0.4, 0.5) is 22.7 Å². The number of nitrogens with one attached hydrogen (secondary N) is 4. The minimum absolute atomic E-state index is 0.000514. The maximum Gasteiger partial charge on any atom is 0.278 e. The van der Waals surface area contributed by atoms with E-state index in [4.69, 9.17) is 4.74 Å². The fourth-order valence-electron chi connectivity index (χ4n) is 7.47. The van der Waals surface area contributed by atoms with Crippen LogP contribution in [0.25, 0.3) is 33.8 Å². The molecule has 20 nitrogen and oxygen atoms in total. The highest BCUT2D eigenvalue weighted by Crippen LogP contribution is 2.29. The molecule has 64 heavy (non-hydrogen) atoms. The SMILES string of the molecule is O=c1cc(-c2ccc(Nc3ccc(S(=O)(=O)N4CCOCC4)nc3)c3nccn23)cc[nH]1.O=c1cc(-c2ccc(Nc3cnc(S(=O)(=O)N4CCCCC4)nc3)c3nccn23)cc[nH]1. The molecule has 0 bridgehead atoms. The number of aromatic nitrogens is 9. The lowest BCUT2D eigenvalue weighted by Gasteiger charge is -2.25. The minimum atomic E-state index is -3.68. The Hall–Kier alpha value is -7.11. The van der Waals surface area contributed by atoms with E-state index in [1.165, 1.54) is 45.4 Å². The lowest BCUT2D eigenvalue weighted by molar-refractivity contribution is 0.0729. The summed E-state index contributed by atoms with van der Waals surface area (Å²) in [5, 5.41) is 6.24. The maximum atomic E-state index is 12.7. The number of anilines is 4. The quantitative estimate of drug-likeness (QED) is 0.140. The van der Waals surface area contributed by atoms with Crippen LogP contribution in [0.3, 0.4) is 0 Å². The van der Waals surface area contributed by atoms with E-state index < -0.39 is 20.0 Å². The van der Waals surface area contributed by atoms with Crippen molar-refractivity contribution in [2.45, 2.75) is 29.4 Å². The second-order valence-electron chi connectivity index (χ2n) is 14.8. The Labute approximate surface area is 365 Å². The number of nitrogens with zero attached hydrogens (tertiary/aromatic N) is 9. The third kappa shape index (κ3) is 8.76. The van der Waals surface area contributed by atoms with Gasteiger partial charge in [-0.05, 0) is 61.4 Å². The molecular formula is C42H41N13O7S2.